The quantitative estimate of drug-likeness (QED) is 0.613. The minimum Gasteiger partial charge on any atom is -0.494 e. The summed E-state index contributed by atoms with van der Waals surface area (Å²) in [5.41, 5.74) is 4.10. The van der Waals surface area contributed by atoms with Crippen molar-refractivity contribution in [2.45, 2.75) is 6.92 Å². The van der Waals surface area contributed by atoms with Crippen LogP contribution in [0.2, 0.25) is 0 Å². The van der Waals surface area contributed by atoms with Gasteiger partial charge < -0.3 is 15.4 Å². The van der Waals surface area contributed by atoms with E-state index in [9.17, 15) is 4.79 Å². The van der Waals surface area contributed by atoms with Crippen molar-refractivity contribution in [1.29, 1.82) is 0 Å². The monoisotopic (exact) mass is 346 g/mol. The predicted octanol–water partition coefficient (Wildman–Crippen LogP) is 3.88. The number of H-pyrrole nitrogens is 1. The van der Waals surface area contributed by atoms with Crippen LogP contribution in [-0.2, 0) is 4.79 Å². The summed E-state index contributed by atoms with van der Waals surface area (Å²) < 4.78 is 5.45. The third-order valence-electron chi connectivity index (χ3n) is 4.12. The average molecular weight is 346 g/mol. The third-order valence-corrected chi connectivity index (χ3v) is 4.12. The number of ether oxygens (including phenoxy) is 1. The number of rotatable bonds is 5. The summed E-state index contributed by atoms with van der Waals surface area (Å²) in [4.78, 5) is 12.1. The molecule has 0 radical (unpaired) electrons. The van der Waals surface area contributed by atoms with Gasteiger partial charge in [0.1, 0.15) is 11.6 Å². The molecule has 0 spiro atoms. The van der Waals surface area contributed by atoms with Crippen LogP contribution in [0, 0.1) is 0 Å². The molecule has 26 heavy (non-hydrogen) atoms. The molecule has 1 aliphatic rings. The van der Waals surface area contributed by atoms with Crippen molar-refractivity contribution < 1.29 is 9.53 Å². The third kappa shape index (κ3) is 3.04. The van der Waals surface area contributed by atoms with Crippen molar-refractivity contribution in [2.75, 3.05) is 17.2 Å². The highest BCUT2D eigenvalue weighted by molar-refractivity contribution is 6.31. The van der Waals surface area contributed by atoms with Gasteiger partial charge in [-0.2, -0.15) is 5.10 Å². The van der Waals surface area contributed by atoms with Gasteiger partial charge in [-0.3, -0.25) is 9.89 Å². The maximum absolute atomic E-state index is 12.1. The van der Waals surface area contributed by atoms with Gasteiger partial charge in [0.25, 0.3) is 5.91 Å². The summed E-state index contributed by atoms with van der Waals surface area (Å²) in [6.07, 6.45) is 1.69. The van der Waals surface area contributed by atoms with Crippen molar-refractivity contribution in [3.8, 4) is 17.0 Å². The zero-order valence-corrected chi connectivity index (χ0v) is 14.2. The highest BCUT2D eigenvalue weighted by Gasteiger charge is 2.23. The molecule has 0 saturated heterocycles. The lowest BCUT2D eigenvalue weighted by atomic mass is 10.1. The number of aromatic amines is 1. The van der Waals surface area contributed by atoms with E-state index in [1.54, 1.807) is 6.20 Å². The smallest absolute Gasteiger partial charge is 0.257 e. The SMILES string of the molecule is CCOc1ccc(-c2cc(N/C=C3/C(=O)Nc4ccccc43)[nH]n2)cc1. The van der Waals surface area contributed by atoms with Gasteiger partial charge in [0.2, 0.25) is 0 Å². The van der Waals surface area contributed by atoms with Crippen molar-refractivity contribution >= 4 is 23.0 Å². The summed E-state index contributed by atoms with van der Waals surface area (Å²) in [7, 11) is 0. The number of aromatic nitrogens is 2. The molecule has 0 unspecified atom stereocenters. The van der Waals surface area contributed by atoms with E-state index in [-0.39, 0.29) is 5.91 Å². The van der Waals surface area contributed by atoms with Crippen molar-refractivity contribution in [3.05, 3.63) is 66.4 Å². The Morgan fingerprint density at radius 3 is 2.77 bits per heavy atom. The minimum absolute atomic E-state index is 0.120. The van der Waals surface area contributed by atoms with Gasteiger partial charge in [-0.25, -0.2) is 0 Å². The highest BCUT2D eigenvalue weighted by Crippen LogP contribution is 2.31. The number of hydrogen-bond acceptors (Lipinski definition) is 4. The van der Waals surface area contributed by atoms with E-state index in [0.29, 0.717) is 18.0 Å². The molecular formula is C20H18N4O2. The largest absolute Gasteiger partial charge is 0.494 e. The van der Waals surface area contributed by atoms with Gasteiger partial charge in [0, 0.05) is 29.1 Å². The van der Waals surface area contributed by atoms with Crippen LogP contribution < -0.4 is 15.4 Å². The summed E-state index contributed by atoms with van der Waals surface area (Å²) >= 11 is 0. The Hall–Kier alpha value is -3.54. The molecule has 130 valence electrons. The maximum atomic E-state index is 12.1. The molecule has 3 N–H and O–H groups in total. The molecule has 2 heterocycles. The molecule has 0 fully saturated rings. The molecule has 1 amide bonds. The summed E-state index contributed by atoms with van der Waals surface area (Å²) in [5.74, 6) is 1.42. The number of amides is 1. The first-order valence-electron chi connectivity index (χ1n) is 8.40. The lowest BCUT2D eigenvalue weighted by molar-refractivity contribution is -0.110. The van der Waals surface area contributed by atoms with E-state index in [0.717, 1.165) is 28.3 Å². The van der Waals surface area contributed by atoms with Crippen molar-refractivity contribution in [2.24, 2.45) is 0 Å². The summed E-state index contributed by atoms with van der Waals surface area (Å²) in [5, 5.41) is 13.2. The Morgan fingerprint density at radius 1 is 1.15 bits per heavy atom. The van der Waals surface area contributed by atoms with Gasteiger partial charge in [0.05, 0.1) is 17.9 Å². The fourth-order valence-corrected chi connectivity index (χ4v) is 2.86. The van der Waals surface area contributed by atoms with Gasteiger partial charge in [-0.15, -0.1) is 0 Å². The second-order valence-electron chi connectivity index (χ2n) is 5.83. The highest BCUT2D eigenvalue weighted by atomic mass is 16.5. The molecule has 4 rings (SSSR count). The number of nitrogens with one attached hydrogen (secondary N) is 3. The number of carbonyl (C=O) groups excluding carboxylic acids is 1. The lowest BCUT2D eigenvalue weighted by Crippen LogP contribution is -2.05. The lowest BCUT2D eigenvalue weighted by Gasteiger charge is -2.02. The van der Waals surface area contributed by atoms with E-state index < -0.39 is 0 Å². The molecule has 0 saturated carbocycles. The number of benzene rings is 2. The maximum Gasteiger partial charge on any atom is 0.257 e. The van der Waals surface area contributed by atoms with Crippen LogP contribution >= 0.6 is 0 Å². The zero-order valence-electron chi connectivity index (χ0n) is 14.2. The van der Waals surface area contributed by atoms with Gasteiger partial charge in [-0.1, -0.05) is 18.2 Å². The van der Waals surface area contributed by atoms with E-state index in [1.807, 2.05) is 61.5 Å². The summed E-state index contributed by atoms with van der Waals surface area (Å²) in [6.45, 7) is 2.60. The number of fused-ring (bicyclic) bond motifs is 1. The molecular weight excluding hydrogens is 328 g/mol. The number of para-hydroxylation sites is 1. The van der Waals surface area contributed by atoms with Crippen LogP contribution in [0.4, 0.5) is 11.5 Å². The minimum atomic E-state index is -0.120. The zero-order chi connectivity index (χ0) is 17.9. The molecule has 2 aromatic carbocycles. The second-order valence-corrected chi connectivity index (χ2v) is 5.83. The Morgan fingerprint density at radius 2 is 1.96 bits per heavy atom. The Bertz CT molecular complexity index is 973. The second kappa shape index (κ2) is 6.76. The van der Waals surface area contributed by atoms with Gasteiger partial charge in [0.15, 0.2) is 0 Å². The predicted molar refractivity (Wildman–Crippen MR) is 102 cm³/mol. The first kappa shape index (κ1) is 16.0. The fourth-order valence-electron chi connectivity index (χ4n) is 2.86. The number of anilines is 2. The van der Waals surface area contributed by atoms with Crippen molar-refractivity contribution in [1.82, 2.24) is 10.2 Å². The van der Waals surface area contributed by atoms with Crippen LogP contribution in [-0.4, -0.2) is 22.7 Å². The van der Waals surface area contributed by atoms with E-state index in [1.165, 1.54) is 0 Å². The standard InChI is InChI=1S/C20H18N4O2/c1-2-26-14-9-7-13(8-10-14)18-11-19(24-23-18)21-12-16-15-5-3-4-6-17(15)22-20(16)25/h3-12H,2H2,1H3,(H,22,25)(H2,21,23,24)/b16-12+. The molecule has 0 bridgehead atoms. The Labute approximate surface area is 150 Å². The number of carbonyl (C=O) groups is 1. The molecule has 3 aromatic rings. The molecule has 6 heteroatoms. The molecule has 0 aliphatic carbocycles. The number of nitrogens with zero attached hydrogens (tertiary/aromatic N) is 1. The van der Waals surface area contributed by atoms with E-state index in [4.69, 9.17) is 4.74 Å². The van der Waals surface area contributed by atoms with Crippen LogP contribution in [0.15, 0.2) is 60.8 Å². The van der Waals surface area contributed by atoms with E-state index in [2.05, 4.69) is 20.8 Å². The van der Waals surface area contributed by atoms with Crippen molar-refractivity contribution in [3.63, 3.8) is 0 Å². The Kier molecular flexibility index (Phi) is 4.15. The van der Waals surface area contributed by atoms with Crippen LogP contribution in [0.25, 0.3) is 16.8 Å². The van der Waals surface area contributed by atoms with Crippen LogP contribution in [0.1, 0.15) is 12.5 Å². The van der Waals surface area contributed by atoms with Gasteiger partial charge >= 0.3 is 0 Å². The average Bonchev–Trinajstić information content (AvgIpc) is 3.25. The normalized spacial score (nSPS) is 14.2. The first-order chi connectivity index (χ1) is 12.7. The summed E-state index contributed by atoms with van der Waals surface area (Å²) in [6, 6.07) is 17.3. The number of hydrogen-bond donors (Lipinski definition) is 3. The molecule has 1 aromatic heterocycles. The molecule has 0 atom stereocenters. The Balaban J connectivity index is 1.51. The van der Waals surface area contributed by atoms with E-state index >= 15 is 0 Å². The van der Waals surface area contributed by atoms with Crippen LogP contribution in [0.3, 0.4) is 0 Å². The molecule has 1 aliphatic heterocycles. The van der Waals surface area contributed by atoms with Gasteiger partial charge in [-0.05, 0) is 37.3 Å². The first-order valence-corrected chi connectivity index (χ1v) is 8.40. The fraction of sp³-hybridized carbons (Fsp3) is 0.100. The molecule has 6 nitrogen and oxygen atoms in total. The topological polar surface area (TPSA) is 79.0 Å². The van der Waals surface area contributed by atoms with Crippen LogP contribution in [0.5, 0.6) is 5.75 Å².